The maximum Gasteiger partial charge on any atom is 0.224 e. The van der Waals surface area contributed by atoms with Gasteiger partial charge < -0.3 is 9.80 Å². The van der Waals surface area contributed by atoms with Crippen LogP contribution in [-0.4, -0.2) is 54.2 Å². The molecule has 0 atom stereocenters. The van der Waals surface area contributed by atoms with Crippen LogP contribution in [0, 0.1) is 0 Å². The Bertz CT molecular complexity index is 886. The molecule has 2 saturated heterocycles. The molecule has 0 bridgehead atoms. The van der Waals surface area contributed by atoms with E-state index in [0.29, 0.717) is 30.7 Å². The molecule has 1 amide bonds. The summed E-state index contributed by atoms with van der Waals surface area (Å²) in [5.74, 6) is 0.152. The van der Waals surface area contributed by atoms with Gasteiger partial charge in [0.15, 0.2) is 5.78 Å². The molecular formula is C26H29ClN2O2. The number of nitrogens with zero attached hydrogens (tertiary/aromatic N) is 2. The second-order valence-electron chi connectivity index (χ2n) is 8.04. The Morgan fingerprint density at radius 1 is 0.806 bits per heavy atom. The van der Waals surface area contributed by atoms with Crippen LogP contribution >= 0.6 is 12.4 Å². The molecule has 0 N–H and O–H groups in total. The Hall–Kier alpha value is -2.69. The van der Waals surface area contributed by atoms with E-state index in [4.69, 9.17) is 0 Å². The molecule has 2 heterocycles. The lowest BCUT2D eigenvalue weighted by molar-refractivity contribution is -0.131. The number of rotatable bonds is 5. The lowest BCUT2D eigenvalue weighted by atomic mass is 9.94. The van der Waals surface area contributed by atoms with Crippen molar-refractivity contribution in [3.8, 4) is 0 Å². The summed E-state index contributed by atoms with van der Waals surface area (Å²) in [6, 6.07) is 19.7. The van der Waals surface area contributed by atoms with Gasteiger partial charge in [-0.25, -0.2) is 0 Å². The zero-order chi connectivity index (χ0) is 20.8. The SMILES string of the molecule is Cl.O=C1/C(=C/c2ccccc2)CN(C(=O)CCN2CCCC2)C/C1=C\c1ccccc1. The standard InChI is InChI=1S/C26H28N2O2.ClH/c29-25(13-16-27-14-7-8-15-27)28-19-23(17-21-9-3-1-4-10-21)26(30)24(20-28)18-22-11-5-2-6-12-22;/h1-6,9-12,17-18H,7-8,13-16,19-20H2;1H/b23-17+,24-18+;. The Morgan fingerprint density at radius 2 is 1.29 bits per heavy atom. The first-order chi connectivity index (χ1) is 14.7. The van der Waals surface area contributed by atoms with Crippen LogP contribution in [0.3, 0.4) is 0 Å². The van der Waals surface area contributed by atoms with Crippen LogP contribution in [0.1, 0.15) is 30.4 Å². The number of Topliss-reactive ketones (excluding diaryl/α,β-unsaturated/α-hetero) is 1. The van der Waals surface area contributed by atoms with E-state index in [1.165, 1.54) is 12.8 Å². The van der Waals surface area contributed by atoms with Crippen LogP contribution in [0.2, 0.25) is 0 Å². The summed E-state index contributed by atoms with van der Waals surface area (Å²) in [6.07, 6.45) is 6.79. The minimum absolute atomic E-state index is 0. The molecule has 2 aromatic rings. The smallest absolute Gasteiger partial charge is 0.224 e. The van der Waals surface area contributed by atoms with E-state index in [0.717, 1.165) is 30.8 Å². The average molecular weight is 437 g/mol. The Morgan fingerprint density at radius 3 is 1.77 bits per heavy atom. The Balaban J connectivity index is 0.00000272. The molecule has 5 heteroatoms. The minimum atomic E-state index is 0. The van der Waals surface area contributed by atoms with Crippen molar-refractivity contribution in [1.29, 1.82) is 0 Å². The number of carbonyl (C=O) groups excluding carboxylic acids is 2. The number of benzene rings is 2. The zero-order valence-electron chi connectivity index (χ0n) is 17.7. The van der Waals surface area contributed by atoms with E-state index >= 15 is 0 Å². The van der Waals surface area contributed by atoms with Gasteiger partial charge >= 0.3 is 0 Å². The van der Waals surface area contributed by atoms with Gasteiger partial charge in [0.2, 0.25) is 5.91 Å². The van der Waals surface area contributed by atoms with Gasteiger partial charge in [-0.1, -0.05) is 60.7 Å². The number of ketones is 1. The molecule has 0 radical (unpaired) electrons. The van der Waals surface area contributed by atoms with Gasteiger partial charge in [0.05, 0.1) is 0 Å². The van der Waals surface area contributed by atoms with Gasteiger partial charge in [0, 0.05) is 37.2 Å². The largest absolute Gasteiger partial charge is 0.334 e. The van der Waals surface area contributed by atoms with Crippen molar-refractivity contribution in [2.75, 3.05) is 32.7 Å². The molecule has 4 nitrogen and oxygen atoms in total. The van der Waals surface area contributed by atoms with Crippen LogP contribution in [0.25, 0.3) is 12.2 Å². The van der Waals surface area contributed by atoms with E-state index in [-0.39, 0.29) is 24.1 Å². The third-order valence-corrected chi connectivity index (χ3v) is 5.78. The fourth-order valence-electron chi connectivity index (χ4n) is 4.13. The molecule has 2 aromatic carbocycles. The predicted octanol–water partition coefficient (Wildman–Crippen LogP) is 4.47. The highest BCUT2D eigenvalue weighted by Gasteiger charge is 2.29. The first kappa shape index (κ1) is 23.0. The van der Waals surface area contributed by atoms with Crippen LogP contribution in [-0.2, 0) is 9.59 Å². The second-order valence-corrected chi connectivity index (χ2v) is 8.04. The van der Waals surface area contributed by atoms with Gasteiger partial charge in [-0.05, 0) is 49.2 Å². The highest BCUT2D eigenvalue weighted by atomic mass is 35.5. The van der Waals surface area contributed by atoms with E-state index in [1.807, 2.05) is 77.7 Å². The zero-order valence-corrected chi connectivity index (χ0v) is 18.5. The summed E-state index contributed by atoms with van der Waals surface area (Å²) < 4.78 is 0. The van der Waals surface area contributed by atoms with Crippen molar-refractivity contribution in [3.63, 3.8) is 0 Å². The van der Waals surface area contributed by atoms with Crippen molar-refractivity contribution in [2.24, 2.45) is 0 Å². The summed E-state index contributed by atoms with van der Waals surface area (Å²) in [5.41, 5.74) is 3.30. The highest BCUT2D eigenvalue weighted by Crippen LogP contribution is 2.23. The van der Waals surface area contributed by atoms with E-state index < -0.39 is 0 Å². The first-order valence-electron chi connectivity index (χ1n) is 10.7. The van der Waals surface area contributed by atoms with Gasteiger partial charge in [0.25, 0.3) is 0 Å². The molecule has 2 aliphatic rings. The van der Waals surface area contributed by atoms with Crippen LogP contribution < -0.4 is 0 Å². The molecule has 162 valence electrons. The first-order valence-corrected chi connectivity index (χ1v) is 10.7. The van der Waals surface area contributed by atoms with Gasteiger partial charge in [-0.3, -0.25) is 9.59 Å². The highest BCUT2D eigenvalue weighted by molar-refractivity contribution is 6.15. The normalized spacial score (nSPS) is 19.6. The molecule has 0 unspecified atom stereocenters. The average Bonchev–Trinajstić information content (AvgIpc) is 3.30. The number of likely N-dealkylation sites (tertiary alicyclic amines) is 2. The minimum Gasteiger partial charge on any atom is -0.334 e. The number of carbonyl (C=O) groups is 2. The fourth-order valence-corrected chi connectivity index (χ4v) is 4.13. The molecule has 0 saturated carbocycles. The van der Waals surface area contributed by atoms with Crippen molar-refractivity contribution in [1.82, 2.24) is 9.80 Å². The summed E-state index contributed by atoms with van der Waals surface area (Å²) in [4.78, 5) is 30.4. The fraction of sp³-hybridized carbons (Fsp3) is 0.308. The monoisotopic (exact) mass is 436 g/mol. The quantitative estimate of drug-likeness (QED) is 0.649. The van der Waals surface area contributed by atoms with E-state index in [9.17, 15) is 9.59 Å². The van der Waals surface area contributed by atoms with Crippen molar-refractivity contribution in [3.05, 3.63) is 82.9 Å². The van der Waals surface area contributed by atoms with E-state index in [1.54, 1.807) is 0 Å². The summed E-state index contributed by atoms with van der Waals surface area (Å²) in [7, 11) is 0. The maximum absolute atomic E-state index is 13.2. The molecule has 0 spiro atoms. The Kier molecular flexibility index (Phi) is 8.21. The number of piperidine rings is 1. The van der Waals surface area contributed by atoms with Crippen LogP contribution in [0.15, 0.2) is 71.8 Å². The topological polar surface area (TPSA) is 40.6 Å². The third-order valence-electron chi connectivity index (χ3n) is 5.78. The lowest BCUT2D eigenvalue weighted by Crippen LogP contribution is -2.42. The van der Waals surface area contributed by atoms with Gasteiger partial charge in [-0.2, -0.15) is 0 Å². The number of halogens is 1. The molecule has 0 aliphatic carbocycles. The Labute approximate surface area is 190 Å². The molecule has 4 rings (SSSR count). The summed E-state index contributed by atoms with van der Waals surface area (Å²) in [6.45, 7) is 3.73. The van der Waals surface area contributed by atoms with Crippen LogP contribution in [0.5, 0.6) is 0 Å². The molecule has 0 aromatic heterocycles. The van der Waals surface area contributed by atoms with Gasteiger partial charge in [-0.15, -0.1) is 12.4 Å². The predicted molar refractivity (Wildman–Crippen MR) is 128 cm³/mol. The molecular weight excluding hydrogens is 408 g/mol. The lowest BCUT2D eigenvalue weighted by Gasteiger charge is -2.30. The number of hydrogen-bond acceptors (Lipinski definition) is 3. The maximum atomic E-state index is 13.2. The van der Waals surface area contributed by atoms with Crippen molar-refractivity contribution >= 4 is 36.2 Å². The van der Waals surface area contributed by atoms with Crippen molar-refractivity contribution in [2.45, 2.75) is 19.3 Å². The van der Waals surface area contributed by atoms with E-state index in [2.05, 4.69) is 4.90 Å². The second kappa shape index (κ2) is 11.1. The summed E-state index contributed by atoms with van der Waals surface area (Å²) in [5, 5.41) is 0. The van der Waals surface area contributed by atoms with Crippen molar-refractivity contribution < 1.29 is 9.59 Å². The third kappa shape index (κ3) is 6.16. The van der Waals surface area contributed by atoms with Gasteiger partial charge in [0.1, 0.15) is 0 Å². The number of amides is 1. The van der Waals surface area contributed by atoms with Crippen LogP contribution in [0.4, 0.5) is 0 Å². The molecule has 31 heavy (non-hydrogen) atoms. The molecule has 2 aliphatic heterocycles. The molecule has 2 fully saturated rings. The number of hydrogen-bond donors (Lipinski definition) is 0. The summed E-state index contributed by atoms with van der Waals surface area (Å²) >= 11 is 0.